The lowest BCUT2D eigenvalue weighted by Crippen LogP contribution is -2.27. The molecule has 3 aromatic rings. The number of amides is 2. The summed E-state index contributed by atoms with van der Waals surface area (Å²) in [4.78, 5) is 49.7. The Bertz CT molecular complexity index is 1420. The van der Waals surface area contributed by atoms with E-state index in [4.69, 9.17) is 9.47 Å². The number of methoxy groups -OCH3 is 1. The van der Waals surface area contributed by atoms with Crippen molar-refractivity contribution in [3.05, 3.63) is 104 Å². The number of thioether (sulfide) groups is 1. The molecule has 36 heavy (non-hydrogen) atoms. The zero-order valence-electron chi connectivity index (χ0n) is 19.3. The lowest BCUT2D eigenvalue weighted by molar-refractivity contribution is -0.384. The second-order valence-corrected chi connectivity index (χ2v) is 8.79. The van der Waals surface area contributed by atoms with E-state index in [1.165, 1.54) is 36.3 Å². The molecule has 0 spiro atoms. The number of non-ortho nitro benzene ring substituents is 1. The number of carbonyl (C=O) groups excluding carboxylic acids is 3. The normalized spacial score (nSPS) is 14.3. The minimum atomic E-state index is -0.790. The molecule has 3 aromatic carbocycles. The molecule has 1 saturated heterocycles. The Morgan fingerprint density at radius 3 is 2.56 bits per heavy atom. The van der Waals surface area contributed by atoms with Crippen molar-refractivity contribution < 1.29 is 28.8 Å². The summed E-state index contributed by atoms with van der Waals surface area (Å²) < 4.78 is 10.7. The predicted molar refractivity (Wildman–Crippen MR) is 134 cm³/mol. The minimum absolute atomic E-state index is 0.0117. The summed E-state index contributed by atoms with van der Waals surface area (Å²) in [5.41, 5.74) is 2.21. The fraction of sp³-hybridized carbons (Fsp3) is 0.115. The van der Waals surface area contributed by atoms with E-state index < -0.39 is 16.8 Å². The zero-order chi connectivity index (χ0) is 25.8. The standard InChI is InChI=1S/C26H20N2O7S/c1-16-6-3-4-7-19(16)15-27-24(29)23(36-26(27)31)13-17-10-11-21(22(12-17)34-2)35-25(30)18-8-5-9-20(14-18)28(32)33/h3-14H,15H2,1-2H3/b23-13-. The van der Waals surface area contributed by atoms with Gasteiger partial charge in [-0.05, 0) is 59.7 Å². The highest BCUT2D eigenvalue weighted by Crippen LogP contribution is 2.35. The van der Waals surface area contributed by atoms with E-state index in [1.54, 1.807) is 18.2 Å². The number of benzene rings is 3. The van der Waals surface area contributed by atoms with Crippen LogP contribution in [-0.4, -0.2) is 34.0 Å². The maximum absolute atomic E-state index is 12.9. The molecule has 182 valence electrons. The molecule has 1 heterocycles. The van der Waals surface area contributed by atoms with Crippen LogP contribution in [0.3, 0.4) is 0 Å². The van der Waals surface area contributed by atoms with Crippen LogP contribution in [0.2, 0.25) is 0 Å². The van der Waals surface area contributed by atoms with Gasteiger partial charge >= 0.3 is 5.97 Å². The molecule has 10 heteroatoms. The van der Waals surface area contributed by atoms with Gasteiger partial charge in [-0.25, -0.2) is 4.79 Å². The van der Waals surface area contributed by atoms with Gasteiger partial charge in [0.2, 0.25) is 0 Å². The Morgan fingerprint density at radius 1 is 1.06 bits per heavy atom. The summed E-state index contributed by atoms with van der Waals surface area (Å²) in [5, 5.41) is 10.6. The maximum Gasteiger partial charge on any atom is 0.343 e. The highest BCUT2D eigenvalue weighted by Gasteiger charge is 2.35. The van der Waals surface area contributed by atoms with Gasteiger partial charge in [0.1, 0.15) is 0 Å². The van der Waals surface area contributed by atoms with E-state index in [0.717, 1.165) is 29.0 Å². The average Bonchev–Trinajstić information content (AvgIpc) is 3.13. The van der Waals surface area contributed by atoms with Gasteiger partial charge in [-0.2, -0.15) is 0 Å². The molecule has 0 saturated carbocycles. The average molecular weight is 505 g/mol. The van der Waals surface area contributed by atoms with Gasteiger partial charge in [-0.15, -0.1) is 0 Å². The SMILES string of the molecule is COc1cc(/C=C2\SC(=O)N(Cc3ccccc3C)C2=O)ccc1OC(=O)c1cccc([N+](=O)[O-])c1. The van der Waals surface area contributed by atoms with Crippen molar-refractivity contribution in [1.29, 1.82) is 0 Å². The maximum atomic E-state index is 12.9. The molecule has 0 unspecified atom stereocenters. The van der Waals surface area contributed by atoms with E-state index in [1.807, 2.05) is 31.2 Å². The molecule has 0 radical (unpaired) electrons. The first-order chi connectivity index (χ1) is 17.3. The van der Waals surface area contributed by atoms with Crippen molar-refractivity contribution in [1.82, 2.24) is 4.90 Å². The van der Waals surface area contributed by atoms with Gasteiger partial charge in [0.05, 0.1) is 29.0 Å². The van der Waals surface area contributed by atoms with Crippen LogP contribution >= 0.6 is 11.8 Å². The molecule has 4 rings (SSSR count). The summed E-state index contributed by atoms with van der Waals surface area (Å²) in [7, 11) is 1.39. The van der Waals surface area contributed by atoms with E-state index in [0.29, 0.717) is 5.56 Å². The summed E-state index contributed by atoms with van der Waals surface area (Å²) in [6, 6.07) is 17.4. The van der Waals surface area contributed by atoms with Gasteiger partial charge in [0, 0.05) is 12.1 Å². The van der Waals surface area contributed by atoms with Crippen LogP contribution in [0, 0.1) is 17.0 Å². The molecule has 0 atom stereocenters. The van der Waals surface area contributed by atoms with Crippen molar-refractivity contribution in [2.24, 2.45) is 0 Å². The third-order valence-corrected chi connectivity index (χ3v) is 6.35. The summed E-state index contributed by atoms with van der Waals surface area (Å²) in [6.07, 6.45) is 1.57. The Kier molecular flexibility index (Phi) is 7.16. The molecule has 1 aliphatic rings. The van der Waals surface area contributed by atoms with Crippen molar-refractivity contribution in [2.45, 2.75) is 13.5 Å². The number of nitro benzene ring substituents is 1. The number of nitro groups is 1. The second kappa shape index (κ2) is 10.4. The Labute approximate surface area is 210 Å². The Morgan fingerprint density at radius 2 is 1.83 bits per heavy atom. The quantitative estimate of drug-likeness (QED) is 0.139. The van der Waals surface area contributed by atoms with E-state index >= 15 is 0 Å². The fourth-order valence-corrected chi connectivity index (χ4v) is 4.35. The minimum Gasteiger partial charge on any atom is -0.493 e. The lowest BCUT2D eigenvalue weighted by Gasteiger charge is -2.14. The number of hydrogen-bond acceptors (Lipinski definition) is 8. The monoisotopic (exact) mass is 504 g/mol. The van der Waals surface area contributed by atoms with Crippen LogP contribution in [-0.2, 0) is 11.3 Å². The third-order valence-electron chi connectivity index (χ3n) is 5.44. The Balaban J connectivity index is 1.52. The molecule has 9 nitrogen and oxygen atoms in total. The molecule has 1 fully saturated rings. The van der Waals surface area contributed by atoms with Crippen molar-refractivity contribution in [3.63, 3.8) is 0 Å². The van der Waals surface area contributed by atoms with Crippen molar-refractivity contribution in [3.8, 4) is 11.5 Å². The molecule has 2 amide bonds. The largest absolute Gasteiger partial charge is 0.493 e. The number of rotatable bonds is 7. The first kappa shape index (κ1) is 24.7. The number of hydrogen-bond donors (Lipinski definition) is 0. The van der Waals surface area contributed by atoms with Crippen LogP contribution in [0.4, 0.5) is 10.5 Å². The summed E-state index contributed by atoms with van der Waals surface area (Å²) in [5.74, 6) is -0.879. The molecule has 0 bridgehead atoms. The molecule has 0 aliphatic carbocycles. The van der Waals surface area contributed by atoms with E-state index in [2.05, 4.69) is 0 Å². The topological polar surface area (TPSA) is 116 Å². The predicted octanol–water partition coefficient (Wildman–Crippen LogP) is 5.37. The van der Waals surface area contributed by atoms with Crippen LogP contribution in [0.1, 0.15) is 27.0 Å². The summed E-state index contributed by atoms with van der Waals surface area (Å²) >= 11 is 0.848. The molecule has 1 aliphatic heterocycles. The van der Waals surface area contributed by atoms with Crippen LogP contribution in [0.5, 0.6) is 11.5 Å². The number of carbonyl (C=O) groups is 3. The van der Waals surface area contributed by atoms with Crippen molar-refractivity contribution >= 4 is 40.6 Å². The summed E-state index contributed by atoms with van der Waals surface area (Å²) in [6.45, 7) is 2.11. The number of esters is 1. The van der Waals surface area contributed by atoms with Crippen LogP contribution in [0.15, 0.2) is 71.6 Å². The smallest absolute Gasteiger partial charge is 0.343 e. The number of aryl methyl sites for hydroxylation is 1. The number of ether oxygens (including phenoxy) is 2. The van der Waals surface area contributed by atoms with Gasteiger partial charge in [-0.3, -0.25) is 24.6 Å². The van der Waals surface area contributed by atoms with Gasteiger partial charge in [0.25, 0.3) is 16.8 Å². The van der Waals surface area contributed by atoms with Gasteiger partial charge in [-0.1, -0.05) is 36.4 Å². The molecule has 0 aromatic heterocycles. The van der Waals surface area contributed by atoms with Gasteiger partial charge in [0.15, 0.2) is 11.5 Å². The fourth-order valence-electron chi connectivity index (χ4n) is 3.51. The zero-order valence-corrected chi connectivity index (χ0v) is 20.1. The lowest BCUT2D eigenvalue weighted by atomic mass is 10.1. The van der Waals surface area contributed by atoms with Crippen molar-refractivity contribution in [2.75, 3.05) is 7.11 Å². The molecular weight excluding hydrogens is 484 g/mol. The van der Waals surface area contributed by atoms with Crippen LogP contribution < -0.4 is 9.47 Å². The molecule has 0 N–H and O–H groups in total. The van der Waals surface area contributed by atoms with Gasteiger partial charge < -0.3 is 9.47 Å². The van der Waals surface area contributed by atoms with Crippen LogP contribution in [0.25, 0.3) is 6.08 Å². The van der Waals surface area contributed by atoms with E-state index in [-0.39, 0.29) is 39.4 Å². The second-order valence-electron chi connectivity index (χ2n) is 7.80. The number of nitrogens with zero attached hydrogens (tertiary/aromatic N) is 2. The molecular formula is C26H20N2O7S. The Hall–Kier alpha value is -4.44. The van der Waals surface area contributed by atoms with E-state index in [9.17, 15) is 24.5 Å². The third kappa shape index (κ3) is 5.28. The highest BCUT2D eigenvalue weighted by atomic mass is 32.2. The highest BCUT2D eigenvalue weighted by molar-refractivity contribution is 8.18. The number of imide groups is 1. The first-order valence-electron chi connectivity index (χ1n) is 10.7. The first-order valence-corrected chi connectivity index (χ1v) is 11.5.